The third-order valence-corrected chi connectivity index (χ3v) is 5.22. The number of aromatic nitrogens is 2. The van der Waals surface area contributed by atoms with Gasteiger partial charge >= 0.3 is 5.97 Å². The van der Waals surface area contributed by atoms with Crippen molar-refractivity contribution >= 4 is 21.7 Å². The van der Waals surface area contributed by atoms with Crippen molar-refractivity contribution in [1.29, 1.82) is 0 Å². The van der Waals surface area contributed by atoms with Crippen LogP contribution >= 0.6 is 0 Å². The SMILES string of the molecule is Cn1cc(S(=O)(=O)N2CCc3ccc(C(=O)O)cc32)cn1. The molecule has 1 aliphatic rings. The second-order valence-electron chi connectivity index (χ2n) is 4.83. The van der Waals surface area contributed by atoms with Crippen molar-refractivity contribution in [3.63, 3.8) is 0 Å². The van der Waals surface area contributed by atoms with Crippen molar-refractivity contribution in [3.8, 4) is 0 Å². The minimum Gasteiger partial charge on any atom is -0.478 e. The van der Waals surface area contributed by atoms with Gasteiger partial charge in [0, 0.05) is 19.8 Å². The lowest BCUT2D eigenvalue weighted by Gasteiger charge is -2.18. The lowest BCUT2D eigenvalue weighted by molar-refractivity contribution is 0.0697. The van der Waals surface area contributed by atoms with Gasteiger partial charge in [-0.1, -0.05) is 6.07 Å². The molecule has 1 aliphatic heterocycles. The van der Waals surface area contributed by atoms with Gasteiger partial charge in [-0.2, -0.15) is 5.10 Å². The number of hydrogen-bond donors (Lipinski definition) is 1. The van der Waals surface area contributed by atoms with E-state index < -0.39 is 16.0 Å². The zero-order valence-corrected chi connectivity index (χ0v) is 12.0. The first-order valence-electron chi connectivity index (χ1n) is 6.27. The molecule has 3 rings (SSSR count). The Labute approximate surface area is 121 Å². The number of aryl methyl sites for hydroxylation is 1. The van der Waals surface area contributed by atoms with Crippen LogP contribution in [-0.4, -0.2) is 35.8 Å². The van der Waals surface area contributed by atoms with E-state index in [2.05, 4.69) is 5.10 Å². The zero-order valence-electron chi connectivity index (χ0n) is 11.2. The van der Waals surface area contributed by atoms with E-state index in [1.165, 1.54) is 33.5 Å². The summed E-state index contributed by atoms with van der Waals surface area (Å²) in [6.45, 7) is 0.301. The number of hydrogen-bond acceptors (Lipinski definition) is 4. The van der Waals surface area contributed by atoms with Crippen molar-refractivity contribution in [2.75, 3.05) is 10.8 Å². The Balaban J connectivity index is 2.08. The standard InChI is InChI=1S/C13H13N3O4S/c1-15-8-11(7-14-15)21(19,20)16-5-4-9-2-3-10(13(17)18)6-12(9)16/h2-3,6-8H,4-5H2,1H3,(H,17,18). The van der Waals surface area contributed by atoms with Gasteiger partial charge in [0.05, 0.1) is 17.4 Å². The van der Waals surface area contributed by atoms with Gasteiger partial charge in [0.1, 0.15) is 4.90 Å². The molecule has 1 aromatic carbocycles. The zero-order chi connectivity index (χ0) is 15.2. The highest BCUT2D eigenvalue weighted by atomic mass is 32.2. The second kappa shape index (κ2) is 4.59. The van der Waals surface area contributed by atoms with Crippen LogP contribution in [0.15, 0.2) is 35.5 Å². The lowest BCUT2D eigenvalue weighted by Crippen LogP contribution is -2.29. The van der Waals surface area contributed by atoms with Gasteiger partial charge in [-0.3, -0.25) is 8.99 Å². The molecule has 2 aromatic rings. The van der Waals surface area contributed by atoms with Crippen molar-refractivity contribution in [1.82, 2.24) is 9.78 Å². The summed E-state index contributed by atoms with van der Waals surface area (Å²) in [6.07, 6.45) is 3.28. The predicted octanol–water partition coefficient (Wildman–Crippen LogP) is 0.870. The smallest absolute Gasteiger partial charge is 0.335 e. The molecular formula is C13H13N3O4S. The van der Waals surface area contributed by atoms with Crippen LogP contribution < -0.4 is 4.31 Å². The van der Waals surface area contributed by atoms with E-state index in [9.17, 15) is 13.2 Å². The number of aromatic carboxylic acids is 1. The fraction of sp³-hybridized carbons (Fsp3) is 0.231. The quantitative estimate of drug-likeness (QED) is 0.908. The van der Waals surface area contributed by atoms with E-state index in [1.54, 1.807) is 13.1 Å². The summed E-state index contributed by atoms with van der Waals surface area (Å²) in [7, 11) is -2.08. The summed E-state index contributed by atoms with van der Waals surface area (Å²) in [5.74, 6) is -1.08. The van der Waals surface area contributed by atoms with E-state index in [0.29, 0.717) is 18.7 Å². The first-order valence-corrected chi connectivity index (χ1v) is 7.71. The molecule has 0 aliphatic carbocycles. The van der Waals surface area contributed by atoms with Crippen LogP contribution in [0.5, 0.6) is 0 Å². The largest absolute Gasteiger partial charge is 0.478 e. The molecule has 0 bridgehead atoms. The van der Waals surface area contributed by atoms with Crippen LogP contribution in [0.3, 0.4) is 0 Å². The number of fused-ring (bicyclic) bond motifs is 1. The Morgan fingerprint density at radius 1 is 1.38 bits per heavy atom. The first kappa shape index (κ1) is 13.6. The minimum absolute atomic E-state index is 0.0713. The van der Waals surface area contributed by atoms with Gasteiger partial charge in [-0.15, -0.1) is 0 Å². The summed E-state index contributed by atoms with van der Waals surface area (Å²) >= 11 is 0. The van der Waals surface area contributed by atoms with Crippen molar-refractivity contribution < 1.29 is 18.3 Å². The number of benzene rings is 1. The molecule has 0 radical (unpaired) electrons. The van der Waals surface area contributed by atoms with Gasteiger partial charge < -0.3 is 5.11 Å². The molecule has 8 heteroatoms. The van der Waals surface area contributed by atoms with Gasteiger partial charge in [0.15, 0.2) is 0 Å². The van der Waals surface area contributed by atoms with Crippen LogP contribution in [0.1, 0.15) is 15.9 Å². The van der Waals surface area contributed by atoms with Gasteiger partial charge in [-0.05, 0) is 24.1 Å². The van der Waals surface area contributed by atoms with Crippen LogP contribution in [-0.2, 0) is 23.5 Å². The number of carboxylic acid groups (broad SMARTS) is 1. The molecule has 1 aromatic heterocycles. The van der Waals surface area contributed by atoms with E-state index >= 15 is 0 Å². The lowest BCUT2D eigenvalue weighted by atomic mass is 10.1. The summed E-state index contributed by atoms with van der Waals surface area (Å²) in [5.41, 5.74) is 1.33. The molecule has 110 valence electrons. The van der Waals surface area contributed by atoms with E-state index in [-0.39, 0.29) is 10.5 Å². The number of carbonyl (C=O) groups is 1. The molecular weight excluding hydrogens is 294 g/mol. The number of anilines is 1. The molecule has 1 N–H and O–H groups in total. The summed E-state index contributed by atoms with van der Waals surface area (Å²) in [6, 6.07) is 4.55. The highest BCUT2D eigenvalue weighted by Crippen LogP contribution is 2.33. The summed E-state index contributed by atoms with van der Waals surface area (Å²) < 4.78 is 27.9. The summed E-state index contributed by atoms with van der Waals surface area (Å²) in [5, 5.41) is 12.9. The number of carboxylic acids is 1. The van der Waals surface area contributed by atoms with Gasteiger partial charge in [0.25, 0.3) is 10.0 Å². The molecule has 0 saturated carbocycles. The van der Waals surface area contributed by atoms with Crippen molar-refractivity contribution in [3.05, 3.63) is 41.7 Å². The molecule has 7 nitrogen and oxygen atoms in total. The minimum atomic E-state index is -3.72. The van der Waals surface area contributed by atoms with E-state index in [4.69, 9.17) is 5.11 Å². The monoisotopic (exact) mass is 307 g/mol. The highest BCUT2D eigenvalue weighted by molar-refractivity contribution is 7.92. The Morgan fingerprint density at radius 2 is 2.14 bits per heavy atom. The average molecular weight is 307 g/mol. The Bertz CT molecular complexity index is 826. The summed E-state index contributed by atoms with van der Waals surface area (Å²) in [4.78, 5) is 11.1. The predicted molar refractivity (Wildman–Crippen MR) is 74.8 cm³/mol. The molecule has 0 atom stereocenters. The van der Waals surface area contributed by atoms with E-state index in [1.807, 2.05) is 0 Å². The third-order valence-electron chi connectivity index (χ3n) is 3.45. The number of nitrogens with zero attached hydrogens (tertiary/aromatic N) is 3. The fourth-order valence-electron chi connectivity index (χ4n) is 2.39. The maximum Gasteiger partial charge on any atom is 0.335 e. The molecule has 0 spiro atoms. The first-order chi connectivity index (χ1) is 9.89. The second-order valence-corrected chi connectivity index (χ2v) is 6.69. The van der Waals surface area contributed by atoms with E-state index in [0.717, 1.165) is 5.56 Å². The molecule has 0 fully saturated rings. The molecule has 21 heavy (non-hydrogen) atoms. The normalized spacial score (nSPS) is 14.2. The van der Waals surface area contributed by atoms with Crippen LogP contribution in [0.25, 0.3) is 0 Å². The Hall–Kier alpha value is -2.35. The van der Waals surface area contributed by atoms with Crippen LogP contribution in [0.2, 0.25) is 0 Å². The van der Waals surface area contributed by atoms with Crippen LogP contribution in [0.4, 0.5) is 5.69 Å². The molecule has 2 heterocycles. The average Bonchev–Trinajstić information content (AvgIpc) is 3.04. The maximum absolute atomic E-state index is 12.6. The van der Waals surface area contributed by atoms with Crippen molar-refractivity contribution in [2.24, 2.45) is 7.05 Å². The Morgan fingerprint density at radius 3 is 2.76 bits per heavy atom. The molecule has 0 saturated heterocycles. The third kappa shape index (κ3) is 2.17. The van der Waals surface area contributed by atoms with Crippen molar-refractivity contribution in [2.45, 2.75) is 11.3 Å². The maximum atomic E-state index is 12.6. The highest BCUT2D eigenvalue weighted by Gasteiger charge is 2.32. The van der Waals surface area contributed by atoms with Gasteiger partial charge in [0.2, 0.25) is 0 Å². The molecule has 0 unspecified atom stereocenters. The van der Waals surface area contributed by atoms with Gasteiger partial charge in [-0.25, -0.2) is 13.2 Å². The van der Waals surface area contributed by atoms with Crippen LogP contribution in [0, 0.1) is 0 Å². The Kier molecular flexibility index (Phi) is 2.98. The fourth-order valence-corrected chi connectivity index (χ4v) is 3.87. The topological polar surface area (TPSA) is 92.5 Å². The number of sulfonamides is 1. The number of rotatable bonds is 3. The molecule has 0 amide bonds.